The molecule has 0 aliphatic carbocycles. The quantitative estimate of drug-likeness (QED) is 0.761. The van der Waals surface area contributed by atoms with E-state index in [2.05, 4.69) is 15.5 Å². The van der Waals surface area contributed by atoms with Crippen LogP contribution in [0.3, 0.4) is 0 Å². The molecule has 2 heterocycles. The van der Waals surface area contributed by atoms with E-state index in [4.69, 9.17) is 9.63 Å². The van der Waals surface area contributed by atoms with Crippen LogP contribution >= 0.6 is 11.3 Å². The van der Waals surface area contributed by atoms with Crippen molar-refractivity contribution in [3.05, 3.63) is 23.4 Å². The van der Waals surface area contributed by atoms with Crippen molar-refractivity contribution in [1.82, 2.24) is 15.5 Å². The van der Waals surface area contributed by atoms with Crippen molar-refractivity contribution in [3.8, 4) is 10.7 Å². The Morgan fingerprint density at radius 3 is 3.00 bits per heavy atom. The number of carbonyl (C=O) groups is 1. The molecule has 6 nitrogen and oxygen atoms in total. The van der Waals surface area contributed by atoms with Gasteiger partial charge in [0.25, 0.3) is 0 Å². The van der Waals surface area contributed by atoms with Gasteiger partial charge in [0.1, 0.15) is 5.54 Å². The van der Waals surface area contributed by atoms with E-state index in [1.54, 1.807) is 25.2 Å². The third-order valence-corrected chi connectivity index (χ3v) is 3.74. The Morgan fingerprint density at radius 1 is 1.55 bits per heavy atom. The van der Waals surface area contributed by atoms with Crippen LogP contribution in [0, 0.1) is 0 Å². The lowest BCUT2D eigenvalue weighted by Gasteiger charge is -2.20. The zero-order valence-corrected chi connectivity index (χ0v) is 12.2. The van der Waals surface area contributed by atoms with Gasteiger partial charge in [-0.05, 0) is 38.3 Å². The van der Waals surface area contributed by atoms with Crippen LogP contribution in [0.4, 0.5) is 0 Å². The zero-order valence-electron chi connectivity index (χ0n) is 11.4. The molecule has 0 atom stereocenters. The minimum atomic E-state index is -0.920. The molecule has 0 saturated heterocycles. The third-order valence-electron chi connectivity index (χ3n) is 2.88. The van der Waals surface area contributed by atoms with Gasteiger partial charge in [-0.1, -0.05) is 11.2 Å². The van der Waals surface area contributed by atoms with Gasteiger partial charge in [-0.3, -0.25) is 4.79 Å². The fourth-order valence-electron chi connectivity index (χ4n) is 1.58. The fourth-order valence-corrected chi connectivity index (χ4v) is 2.23. The monoisotopic (exact) mass is 295 g/mol. The summed E-state index contributed by atoms with van der Waals surface area (Å²) >= 11 is 1.56. The number of carboxylic acids is 1. The maximum atomic E-state index is 10.9. The number of carboxylic acid groups (broad SMARTS) is 1. The molecule has 0 saturated carbocycles. The van der Waals surface area contributed by atoms with Crippen LogP contribution in [0.5, 0.6) is 0 Å². The minimum Gasteiger partial charge on any atom is -0.480 e. The number of nitrogens with one attached hydrogen (secondary N) is 1. The summed E-state index contributed by atoms with van der Waals surface area (Å²) in [5, 5.41) is 17.8. The predicted molar refractivity (Wildman–Crippen MR) is 75.6 cm³/mol. The van der Waals surface area contributed by atoms with Gasteiger partial charge >= 0.3 is 5.97 Å². The Labute approximate surface area is 120 Å². The molecule has 0 radical (unpaired) electrons. The lowest BCUT2D eigenvalue weighted by Crippen LogP contribution is -2.47. The average molecular weight is 295 g/mol. The van der Waals surface area contributed by atoms with E-state index >= 15 is 0 Å². The first-order valence-corrected chi connectivity index (χ1v) is 7.22. The summed E-state index contributed by atoms with van der Waals surface area (Å²) in [6, 6.07) is 3.88. The van der Waals surface area contributed by atoms with Gasteiger partial charge in [-0.25, -0.2) is 0 Å². The molecule has 2 rings (SSSR count). The maximum absolute atomic E-state index is 10.9. The van der Waals surface area contributed by atoms with Gasteiger partial charge in [-0.15, -0.1) is 11.3 Å². The van der Waals surface area contributed by atoms with Crippen LogP contribution in [-0.2, 0) is 11.2 Å². The summed E-state index contributed by atoms with van der Waals surface area (Å²) in [7, 11) is 0. The highest BCUT2D eigenvalue weighted by Gasteiger charge is 2.25. The summed E-state index contributed by atoms with van der Waals surface area (Å²) in [4.78, 5) is 16.2. The topological polar surface area (TPSA) is 88.3 Å². The molecular formula is C13H17N3O3S. The van der Waals surface area contributed by atoms with E-state index in [1.807, 2.05) is 17.5 Å². The molecule has 20 heavy (non-hydrogen) atoms. The number of aliphatic carboxylic acids is 1. The zero-order chi connectivity index (χ0) is 14.6. The molecule has 0 unspecified atom stereocenters. The van der Waals surface area contributed by atoms with Crippen molar-refractivity contribution < 1.29 is 14.4 Å². The molecule has 0 spiro atoms. The van der Waals surface area contributed by atoms with Gasteiger partial charge < -0.3 is 14.9 Å². The van der Waals surface area contributed by atoms with E-state index < -0.39 is 11.5 Å². The van der Waals surface area contributed by atoms with E-state index in [9.17, 15) is 4.79 Å². The highest BCUT2D eigenvalue weighted by Crippen LogP contribution is 2.21. The molecule has 2 aromatic heterocycles. The molecule has 0 aromatic carbocycles. The highest BCUT2D eigenvalue weighted by atomic mass is 32.1. The molecule has 0 bridgehead atoms. The summed E-state index contributed by atoms with van der Waals surface area (Å²) in [6.45, 7) is 3.85. The Balaban J connectivity index is 1.79. The largest absolute Gasteiger partial charge is 0.480 e. The summed E-state index contributed by atoms with van der Waals surface area (Å²) in [5.41, 5.74) is -0.920. The molecule has 2 N–H and O–H groups in total. The SMILES string of the molecule is CC(C)(NCCCc1nc(-c2cccs2)no1)C(=O)O. The number of aromatic nitrogens is 2. The molecule has 0 aliphatic rings. The van der Waals surface area contributed by atoms with Crippen LogP contribution in [0.2, 0.25) is 0 Å². The molecule has 2 aromatic rings. The van der Waals surface area contributed by atoms with Crippen molar-refractivity contribution in [2.75, 3.05) is 6.54 Å². The number of rotatable bonds is 7. The number of hydrogen-bond acceptors (Lipinski definition) is 6. The van der Waals surface area contributed by atoms with Gasteiger partial charge in [0.15, 0.2) is 0 Å². The second-order valence-electron chi connectivity index (χ2n) is 4.95. The predicted octanol–water partition coefficient (Wildman–Crippen LogP) is 2.18. The first-order valence-electron chi connectivity index (χ1n) is 6.34. The molecule has 0 fully saturated rings. The normalized spacial score (nSPS) is 11.7. The fraction of sp³-hybridized carbons (Fsp3) is 0.462. The average Bonchev–Trinajstić information content (AvgIpc) is 3.05. The van der Waals surface area contributed by atoms with Crippen LogP contribution in [0.25, 0.3) is 10.7 Å². The van der Waals surface area contributed by atoms with Gasteiger partial charge in [0, 0.05) is 6.42 Å². The Hall–Kier alpha value is -1.73. The Bertz CT molecular complexity index is 563. The minimum absolute atomic E-state index is 0.573. The Morgan fingerprint density at radius 2 is 2.35 bits per heavy atom. The van der Waals surface area contributed by atoms with Gasteiger partial charge in [0.2, 0.25) is 11.7 Å². The van der Waals surface area contributed by atoms with Crippen molar-refractivity contribution in [2.45, 2.75) is 32.2 Å². The summed E-state index contributed by atoms with van der Waals surface area (Å²) in [5.74, 6) is 0.312. The van der Waals surface area contributed by atoms with Crippen LogP contribution in [-0.4, -0.2) is 33.3 Å². The number of aryl methyl sites for hydroxylation is 1. The van der Waals surface area contributed by atoms with Gasteiger partial charge in [-0.2, -0.15) is 4.98 Å². The van der Waals surface area contributed by atoms with Crippen LogP contribution in [0.15, 0.2) is 22.0 Å². The third kappa shape index (κ3) is 3.64. The summed E-state index contributed by atoms with van der Waals surface area (Å²) in [6.07, 6.45) is 1.36. The van der Waals surface area contributed by atoms with Crippen molar-refractivity contribution in [3.63, 3.8) is 0 Å². The van der Waals surface area contributed by atoms with E-state index in [0.29, 0.717) is 24.7 Å². The summed E-state index contributed by atoms with van der Waals surface area (Å²) < 4.78 is 5.17. The Kier molecular flexibility index (Phi) is 4.51. The lowest BCUT2D eigenvalue weighted by atomic mass is 10.1. The molecule has 0 amide bonds. The maximum Gasteiger partial charge on any atom is 0.323 e. The van der Waals surface area contributed by atoms with E-state index in [0.717, 1.165) is 11.3 Å². The standard InChI is InChI=1S/C13H17N3O3S/c1-13(2,12(17)18)14-7-3-6-10-15-11(16-19-10)9-5-4-8-20-9/h4-5,8,14H,3,6-7H2,1-2H3,(H,17,18). The smallest absolute Gasteiger partial charge is 0.323 e. The number of nitrogens with zero attached hydrogens (tertiary/aromatic N) is 2. The first kappa shape index (κ1) is 14.7. The lowest BCUT2D eigenvalue weighted by molar-refractivity contribution is -0.143. The van der Waals surface area contributed by atoms with Crippen molar-refractivity contribution >= 4 is 17.3 Å². The number of hydrogen-bond donors (Lipinski definition) is 2. The number of thiophene rings is 1. The van der Waals surface area contributed by atoms with Gasteiger partial charge in [0.05, 0.1) is 4.88 Å². The van der Waals surface area contributed by atoms with Crippen LogP contribution in [0.1, 0.15) is 26.2 Å². The highest BCUT2D eigenvalue weighted by molar-refractivity contribution is 7.13. The first-order chi connectivity index (χ1) is 9.49. The van der Waals surface area contributed by atoms with E-state index in [-0.39, 0.29) is 0 Å². The molecule has 0 aliphatic heterocycles. The molecule has 7 heteroatoms. The van der Waals surface area contributed by atoms with Crippen molar-refractivity contribution in [2.24, 2.45) is 0 Å². The van der Waals surface area contributed by atoms with Crippen molar-refractivity contribution in [1.29, 1.82) is 0 Å². The second kappa shape index (κ2) is 6.15. The second-order valence-corrected chi connectivity index (χ2v) is 5.90. The van der Waals surface area contributed by atoms with E-state index in [1.165, 1.54) is 0 Å². The van der Waals surface area contributed by atoms with Crippen LogP contribution < -0.4 is 5.32 Å². The molecular weight excluding hydrogens is 278 g/mol. The molecule has 108 valence electrons.